The zero-order chi connectivity index (χ0) is 15.6. The molecule has 0 atom stereocenters. The standard InChI is InChI=1S/C15H20N2O2S2/c1-4-16-11-14(21(18,19)17(5-2)6-3)15(20)12-9-7-8-10-13(12)16/h7-11H,4-6H2,1-3H3. The van der Waals surface area contributed by atoms with Gasteiger partial charge >= 0.3 is 0 Å². The summed E-state index contributed by atoms with van der Waals surface area (Å²) in [5.41, 5.74) is 0.962. The number of pyridine rings is 1. The summed E-state index contributed by atoms with van der Waals surface area (Å²) in [5, 5.41) is 0.808. The second-order valence-corrected chi connectivity index (χ2v) is 7.03. The predicted molar refractivity (Wildman–Crippen MR) is 88.6 cm³/mol. The van der Waals surface area contributed by atoms with Crippen LogP contribution in [0.5, 0.6) is 0 Å². The summed E-state index contributed by atoms with van der Waals surface area (Å²) in [6.07, 6.45) is 1.66. The monoisotopic (exact) mass is 324 g/mol. The number of aromatic nitrogens is 1. The van der Waals surface area contributed by atoms with Crippen LogP contribution in [-0.4, -0.2) is 30.4 Å². The van der Waals surface area contributed by atoms with Gasteiger partial charge < -0.3 is 4.57 Å². The summed E-state index contributed by atoms with van der Waals surface area (Å²) in [4.78, 5) is 0.224. The Morgan fingerprint density at radius 3 is 2.33 bits per heavy atom. The van der Waals surface area contributed by atoms with Crippen molar-refractivity contribution >= 4 is 33.1 Å². The van der Waals surface area contributed by atoms with E-state index in [-0.39, 0.29) is 4.90 Å². The summed E-state index contributed by atoms with van der Waals surface area (Å²) in [6.45, 7) is 7.22. The fourth-order valence-corrected chi connectivity index (χ4v) is 4.57. The average Bonchev–Trinajstić information content (AvgIpc) is 2.48. The van der Waals surface area contributed by atoms with E-state index in [2.05, 4.69) is 0 Å². The fraction of sp³-hybridized carbons (Fsp3) is 0.400. The first-order valence-electron chi connectivity index (χ1n) is 7.09. The molecule has 0 saturated heterocycles. The van der Waals surface area contributed by atoms with Gasteiger partial charge in [-0.05, 0) is 13.0 Å². The minimum Gasteiger partial charge on any atom is -0.346 e. The summed E-state index contributed by atoms with van der Waals surface area (Å²) in [6, 6.07) is 7.65. The largest absolute Gasteiger partial charge is 0.346 e. The van der Waals surface area contributed by atoms with Crippen LogP contribution in [0.3, 0.4) is 0 Å². The van der Waals surface area contributed by atoms with Crippen LogP contribution in [0.4, 0.5) is 0 Å². The van der Waals surface area contributed by atoms with Gasteiger partial charge in [0, 0.05) is 36.7 Å². The molecular formula is C15H20N2O2S2. The molecule has 0 bridgehead atoms. The number of hydrogen-bond acceptors (Lipinski definition) is 3. The van der Waals surface area contributed by atoms with E-state index < -0.39 is 10.0 Å². The molecule has 2 aromatic rings. The second kappa shape index (κ2) is 6.25. The fourth-order valence-electron chi connectivity index (χ4n) is 2.47. The lowest BCUT2D eigenvalue weighted by Gasteiger charge is -2.20. The van der Waals surface area contributed by atoms with Gasteiger partial charge in [0.2, 0.25) is 10.0 Å². The minimum atomic E-state index is -3.55. The SMILES string of the molecule is CCN(CC)S(=O)(=O)c1cn(CC)c2ccccc2c1=S. The molecule has 0 aliphatic carbocycles. The van der Waals surface area contributed by atoms with Gasteiger partial charge in [-0.1, -0.05) is 44.3 Å². The van der Waals surface area contributed by atoms with E-state index in [1.54, 1.807) is 6.20 Å². The Balaban J connectivity index is 2.83. The molecule has 0 amide bonds. The Bertz CT molecular complexity index is 806. The van der Waals surface area contributed by atoms with Crippen LogP contribution in [-0.2, 0) is 16.6 Å². The van der Waals surface area contributed by atoms with Crippen molar-refractivity contribution in [3.8, 4) is 0 Å². The molecular weight excluding hydrogens is 304 g/mol. The van der Waals surface area contributed by atoms with Crippen molar-refractivity contribution in [3.05, 3.63) is 35.0 Å². The van der Waals surface area contributed by atoms with Crippen molar-refractivity contribution in [2.75, 3.05) is 13.1 Å². The van der Waals surface area contributed by atoms with Crippen molar-refractivity contribution in [3.63, 3.8) is 0 Å². The highest BCUT2D eigenvalue weighted by atomic mass is 32.2. The molecule has 1 aromatic heterocycles. The van der Waals surface area contributed by atoms with E-state index in [4.69, 9.17) is 12.2 Å². The van der Waals surface area contributed by atoms with E-state index in [0.717, 1.165) is 10.9 Å². The van der Waals surface area contributed by atoms with Crippen molar-refractivity contribution in [1.82, 2.24) is 8.87 Å². The molecule has 114 valence electrons. The first kappa shape index (κ1) is 16.1. The Morgan fingerprint density at radius 2 is 1.76 bits per heavy atom. The third-order valence-electron chi connectivity index (χ3n) is 3.62. The van der Waals surface area contributed by atoms with Crippen molar-refractivity contribution in [2.24, 2.45) is 0 Å². The summed E-state index contributed by atoms with van der Waals surface area (Å²) in [5.74, 6) is 0. The van der Waals surface area contributed by atoms with Crippen molar-refractivity contribution in [1.29, 1.82) is 0 Å². The predicted octanol–water partition coefficient (Wildman–Crippen LogP) is 3.42. The van der Waals surface area contributed by atoms with Gasteiger partial charge in [-0.25, -0.2) is 8.42 Å². The number of benzene rings is 1. The normalized spacial score (nSPS) is 12.2. The third kappa shape index (κ3) is 2.75. The van der Waals surface area contributed by atoms with Crippen LogP contribution in [0.15, 0.2) is 35.4 Å². The maximum atomic E-state index is 12.8. The van der Waals surface area contributed by atoms with E-state index >= 15 is 0 Å². The van der Waals surface area contributed by atoms with Gasteiger partial charge in [0.05, 0.1) is 4.51 Å². The molecule has 0 aliphatic heterocycles. The lowest BCUT2D eigenvalue weighted by atomic mass is 10.2. The van der Waals surface area contributed by atoms with Crippen LogP contribution in [0.1, 0.15) is 20.8 Å². The number of sulfonamides is 1. The van der Waals surface area contributed by atoms with Crippen molar-refractivity contribution in [2.45, 2.75) is 32.2 Å². The average molecular weight is 324 g/mol. The molecule has 0 saturated carbocycles. The number of para-hydroxylation sites is 1. The van der Waals surface area contributed by atoms with Crippen LogP contribution in [0.2, 0.25) is 0 Å². The molecule has 0 aliphatic rings. The molecule has 2 rings (SSSR count). The zero-order valence-corrected chi connectivity index (χ0v) is 14.2. The Hall–Kier alpha value is -1.24. The Morgan fingerprint density at radius 1 is 1.14 bits per heavy atom. The molecule has 1 aromatic carbocycles. The van der Waals surface area contributed by atoms with E-state index in [1.807, 2.05) is 49.6 Å². The van der Waals surface area contributed by atoms with E-state index in [0.29, 0.717) is 24.1 Å². The highest BCUT2D eigenvalue weighted by molar-refractivity contribution is 7.89. The van der Waals surface area contributed by atoms with Crippen molar-refractivity contribution < 1.29 is 8.42 Å². The van der Waals surface area contributed by atoms with Gasteiger partial charge in [0.15, 0.2) is 0 Å². The number of hydrogen-bond donors (Lipinski definition) is 0. The quantitative estimate of drug-likeness (QED) is 0.792. The minimum absolute atomic E-state index is 0.224. The molecule has 1 heterocycles. The van der Waals surface area contributed by atoms with Gasteiger partial charge in [0.25, 0.3) is 0 Å². The summed E-state index contributed by atoms with van der Waals surface area (Å²) in [7, 11) is -3.55. The Labute approximate surface area is 131 Å². The molecule has 4 nitrogen and oxygen atoms in total. The molecule has 21 heavy (non-hydrogen) atoms. The zero-order valence-electron chi connectivity index (χ0n) is 12.5. The lowest BCUT2D eigenvalue weighted by Crippen LogP contribution is -2.31. The van der Waals surface area contributed by atoms with Gasteiger partial charge in [-0.2, -0.15) is 4.31 Å². The van der Waals surface area contributed by atoms with Gasteiger partial charge in [-0.15, -0.1) is 0 Å². The van der Waals surface area contributed by atoms with Gasteiger partial charge in [-0.3, -0.25) is 0 Å². The molecule has 0 unspecified atom stereocenters. The maximum Gasteiger partial charge on any atom is 0.245 e. The van der Waals surface area contributed by atoms with Gasteiger partial charge in [0.1, 0.15) is 4.90 Å². The first-order valence-corrected chi connectivity index (χ1v) is 8.94. The van der Waals surface area contributed by atoms with Crippen LogP contribution in [0, 0.1) is 4.51 Å². The van der Waals surface area contributed by atoms with E-state index in [9.17, 15) is 8.42 Å². The second-order valence-electron chi connectivity index (χ2n) is 4.71. The number of nitrogens with zero attached hydrogens (tertiary/aromatic N) is 2. The Kier molecular flexibility index (Phi) is 4.81. The number of fused-ring (bicyclic) bond motifs is 1. The van der Waals surface area contributed by atoms with Crippen LogP contribution in [0.25, 0.3) is 10.9 Å². The van der Waals surface area contributed by atoms with E-state index in [1.165, 1.54) is 4.31 Å². The summed E-state index contributed by atoms with van der Waals surface area (Å²) < 4.78 is 29.3. The smallest absolute Gasteiger partial charge is 0.245 e. The highest BCUT2D eigenvalue weighted by Crippen LogP contribution is 2.24. The molecule has 0 N–H and O–H groups in total. The first-order chi connectivity index (χ1) is 9.97. The third-order valence-corrected chi connectivity index (χ3v) is 6.25. The highest BCUT2D eigenvalue weighted by Gasteiger charge is 2.24. The van der Waals surface area contributed by atoms with Crippen LogP contribution < -0.4 is 0 Å². The number of rotatable bonds is 5. The number of aryl methyl sites for hydroxylation is 1. The van der Waals surface area contributed by atoms with Crippen LogP contribution >= 0.6 is 12.2 Å². The molecule has 0 fully saturated rings. The topological polar surface area (TPSA) is 42.3 Å². The molecule has 0 radical (unpaired) electrons. The molecule has 0 spiro atoms. The summed E-state index contributed by atoms with van der Waals surface area (Å²) >= 11 is 5.45. The maximum absolute atomic E-state index is 12.8. The molecule has 6 heteroatoms. The lowest BCUT2D eigenvalue weighted by molar-refractivity contribution is 0.444.